The SMILES string of the molecule is CCC(CC)(CCSc1ccccc1)CNCCOC. The summed E-state index contributed by atoms with van der Waals surface area (Å²) in [6, 6.07) is 10.7. The summed E-state index contributed by atoms with van der Waals surface area (Å²) in [5.41, 5.74) is 0.426. The Bertz CT molecular complexity index is 338. The lowest BCUT2D eigenvalue weighted by Gasteiger charge is -2.32. The van der Waals surface area contributed by atoms with Crippen molar-refractivity contribution in [3.8, 4) is 0 Å². The maximum atomic E-state index is 5.10. The third-order valence-corrected chi connectivity index (χ3v) is 5.14. The Hall–Kier alpha value is -0.510. The zero-order chi connectivity index (χ0) is 14.7. The molecular weight excluding hydrogens is 266 g/mol. The molecule has 1 N–H and O–H groups in total. The van der Waals surface area contributed by atoms with E-state index in [9.17, 15) is 0 Å². The van der Waals surface area contributed by atoms with E-state index in [-0.39, 0.29) is 0 Å². The van der Waals surface area contributed by atoms with Gasteiger partial charge in [0.1, 0.15) is 0 Å². The van der Waals surface area contributed by atoms with Crippen molar-refractivity contribution in [3.05, 3.63) is 30.3 Å². The average molecular weight is 295 g/mol. The van der Waals surface area contributed by atoms with Gasteiger partial charge in [0.25, 0.3) is 0 Å². The maximum Gasteiger partial charge on any atom is 0.0587 e. The van der Waals surface area contributed by atoms with E-state index in [4.69, 9.17) is 4.74 Å². The minimum Gasteiger partial charge on any atom is -0.383 e. The molecule has 0 saturated carbocycles. The van der Waals surface area contributed by atoms with Crippen molar-refractivity contribution in [1.82, 2.24) is 5.32 Å². The van der Waals surface area contributed by atoms with Crippen molar-refractivity contribution < 1.29 is 4.74 Å². The van der Waals surface area contributed by atoms with E-state index in [2.05, 4.69) is 49.5 Å². The molecule has 0 fully saturated rings. The van der Waals surface area contributed by atoms with Gasteiger partial charge in [-0.25, -0.2) is 0 Å². The van der Waals surface area contributed by atoms with E-state index in [1.807, 2.05) is 11.8 Å². The van der Waals surface area contributed by atoms with Crippen molar-refractivity contribution in [2.75, 3.05) is 32.6 Å². The van der Waals surface area contributed by atoms with Gasteiger partial charge in [-0.05, 0) is 42.6 Å². The number of hydrogen-bond donors (Lipinski definition) is 1. The Morgan fingerprint density at radius 1 is 1.15 bits per heavy atom. The highest BCUT2D eigenvalue weighted by Gasteiger charge is 2.25. The van der Waals surface area contributed by atoms with Gasteiger partial charge in [-0.3, -0.25) is 0 Å². The van der Waals surface area contributed by atoms with Crippen molar-refractivity contribution in [2.24, 2.45) is 5.41 Å². The Labute approximate surface area is 128 Å². The van der Waals surface area contributed by atoms with Gasteiger partial charge < -0.3 is 10.1 Å². The third kappa shape index (κ3) is 6.29. The van der Waals surface area contributed by atoms with E-state index in [1.54, 1.807) is 7.11 Å². The standard InChI is InChI=1S/C17H29NOS/c1-4-17(5-2,15-18-12-13-19-3)11-14-20-16-9-7-6-8-10-16/h6-10,18H,4-5,11-15H2,1-3H3. The van der Waals surface area contributed by atoms with Crippen LogP contribution in [0, 0.1) is 5.41 Å². The maximum absolute atomic E-state index is 5.10. The Kier molecular flexibility index (Phi) is 8.99. The third-order valence-electron chi connectivity index (χ3n) is 4.13. The normalized spacial score (nSPS) is 11.8. The molecule has 114 valence electrons. The molecule has 1 rings (SSSR count). The summed E-state index contributed by atoms with van der Waals surface area (Å²) in [6.45, 7) is 7.47. The second-order valence-corrected chi connectivity index (χ2v) is 6.46. The van der Waals surface area contributed by atoms with Gasteiger partial charge in [-0.2, -0.15) is 0 Å². The summed E-state index contributed by atoms with van der Waals surface area (Å²) in [6.07, 6.45) is 3.73. The van der Waals surface area contributed by atoms with Gasteiger partial charge >= 0.3 is 0 Å². The van der Waals surface area contributed by atoms with Gasteiger partial charge in [0.05, 0.1) is 6.61 Å². The summed E-state index contributed by atoms with van der Waals surface area (Å²) < 4.78 is 5.10. The lowest BCUT2D eigenvalue weighted by molar-refractivity contribution is 0.184. The van der Waals surface area contributed by atoms with Crippen molar-refractivity contribution in [2.45, 2.75) is 38.0 Å². The van der Waals surface area contributed by atoms with Crippen LogP contribution in [0.2, 0.25) is 0 Å². The molecule has 2 nitrogen and oxygen atoms in total. The van der Waals surface area contributed by atoms with Gasteiger partial charge in [0, 0.05) is 25.1 Å². The summed E-state index contributed by atoms with van der Waals surface area (Å²) >= 11 is 1.97. The second-order valence-electron chi connectivity index (χ2n) is 5.29. The van der Waals surface area contributed by atoms with E-state index in [0.29, 0.717) is 5.41 Å². The summed E-state index contributed by atoms with van der Waals surface area (Å²) in [5, 5.41) is 3.54. The van der Waals surface area contributed by atoms with Crippen LogP contribution in [0.15, 0.2) is 35.2 Å². The molecule has 1 aromatic carbocycles. The van der Waals surface area contributed by atoms with Crippen LogP contribution in [0.25, 0.3) is 0 Å². The van der Waals surface area contributed by atoms with Gasteiger partial charge in [-0.15, -0.1) is 11.8 Å². The Morgan fingerprint density at radius 2 is 1.85 bits per heavy atom. The van der Waals surface area contributed by atoms with Crippen LogP contribution in [-0.4, -0.2) is 32.6 Å². The van der Waals surface area contributed by atoms with Gasteiger partial charge in [0.2, 0.25) is 0 Å². The minimum absolute atomic E-state index is 0.426. The molecule has 0 bridgehead atoms. The molecule has 0 radical (unpaired) electrons. The molecule has 0 amide bonds. The Morgan fingerprint density at radius 3 is 2.45 bits per heavy atom. The predicted molar refractivity (Wildman–Crippen MR) is 89.5 cm³/mol. The quantitative estimate of drug-likeness (QED) is 0.488. The molecular formula is C17H29NOS. The molecule has 3 heteroatoms. The molecule has 0 spiro atoms. The van der Waals surface area contributed by atoms with Crippen LogP contribution in [0.3, 0.4) is 0 Å². The van der Waals surface area contributed by atoms with Crippen LogP contribution >= 0.6 is 11.8 Å². The highest BCUT2D eigenvalue weighted by atomic mass is 32.2. The molecule has 0 aliphatic carbocycles. The molecule has 0 aliphatic heterocycles. The van der Waals surface area contributed by atoms with E-state index in [0.717, 1.165) is 19.7 Å². The molecule has 0 saturated heterocycles. The summed E-state index contributed by atoms with van der Waals surface area (Å²) in [4.78, 5) is 1.38. The van der Waals surface area contributed by atoms with Gasteiger partial charge in [0.15, 0.2) is 0 Å². The van der Waals surface area contributed by atoms with Gasteiger partial charge in [-0.1, -0.05) is 32.0 Å². The summed E-state index contributed by atoms with van der Waals surface area (Å²) in [7, 11) is 1.76. The first-order chi connectivity index (χ1) is 9.76. The largest absolute Gasteiger partial charge is 0.383 e. The number of methoxy groups -OCH3 is 1. The molecule has 0 heterocycles. The second kappa shape index (κ2) is 10.3. The first-order valence-corrected chi connectivity index (χ1v) is 8.62. The highest BCUT2D eigenvalue weighted by Crippen LogP contribution is 2.32. The number of nitrogens with one attached hydrogen (secondary N) is 1. The smallest absolute Gasteiger partial charge is 0.0587 e. The molecule has 1 aromatic rings. The van der Waals surface area contributed by atoms with E-state index >= 15 is 0 Å². The lowest BCUT2D eigenvalue weighted by atomic mass is 9.80. The van der Waals surface area contributed by atoms with E-state index < -0.39 is 0 Å². The van der Waals surface area contributed by atoms with Crippen LogP contribution in [-0.2, 0) is 4.74 Å². The number of ether oxygens (including phenoxy) is 1. The molecule has 0 aromatic heterocycles. The zero-order valence-corrected chi connectivity index (χ0v) is 14.0. The predicted octanol–water partition coefficient (Wildman–Crippen LogP) is 4.21. The van der Waals surface area contributed by atoms with Crippen LogP contribution in [0.5, 0.6) is 0 Å². The topological polar surface area (TPSA) is 21.3 Å². The zero-order valence-electron chi connectivity index (χ0n) is 13.2. The first-order valence-electron chi connectivity index (χ1n) is 7.64. The van der Waals surface area contributed by atoms with Crippen molar-refractivity contribution in [1.29, 1.82) is 0 Å². The van der Waals surface area contributed by atoms with Crippen LogP contribution in [0.4, 0.5) is 0 Å². The fourth-order valence-corrected chi connectivity index (χ4v) is 3.49. The monoisotopic (exact) mass is 295 g/mol. The minimum atomic E-state index is 0.426. The average Bonchev–Trinajstić information content (AvgIpc) is 2.51. The molecule has 0 aliphatic rings. The Balaban J connectivity index is 2.37. The fourth-order valence-electron chi connectivity index (χ4n) is 2.37. The first kappa shape index (κ1) is 17.5. The van der Waals surface area contributed by atoms with Crippen LogP contribution in [0.1, 0.15) is 33.1 Å². The van der Waals surface area contributed by atoms with E-state index in [1.165, 1.54) is 29.9 Å². The number of thioether (sulfide) groups is 1. The molecule has 20 heavy (non-hydrogen) atoms. The fraction of sp³-hybridized carbons (Fsp3) is 0.647. The summed E-state index contributed by atoms with van der Waals surface area (Å²) in [5.74, 6) is 1.19. The van der Waals surface area contributed by atoms with Crippen molar-refractivity contribution in [3.63, 3.8) is 0 Å². The molecule has 0 atom stereocenters. The van der Waals surface area contributed by atoms with Crippen LogP contribution < -0.4 is 5.32 Å². The molecule has 0 unspecified atom stereocenters. The number of benzene rings is 1. The number of rotatable bonds is 11. The highest BCUT2D eigenvalue weighted by molar-refractivity contribution is 7.99. The number of hydrogen-bond acceptors (Lipinski definition) is 3. The van der Waals surface area contributed by atoms with Crippen molar-refractivity contribution >= 4 is 11.8 Å². The lowest BCUT2D eigenvalue weighted by Crippen LogP contribution is -2.35.